The summed E-state index contributed by atoms with van der Waals surface area (Å²) in [6, 6.07) is 0.399. The average Bonchev–Trinajstić information content (AvgIpc) is 2.38. The Balaban J connectivity index is 4.08. The van der Waals surface area contributed by atoms with Gasteiger partial charge in [0.05, 0.1) is 0 Å². The molecule has 0 heterocycles. The summed E-state index contributed by atoms with van der Waals surface area (Å²) in [7, 11) is 0. The van der Waals surface area contributed by atoms with Crippen LogP contribution in [0, 0.1) is 0 Å². The SMILES string of the molecule is C=C/C(CC)=C(\C=C)CC(C)NCCCNC=O. The minimum absolute atomic E-state index is 0.399. The van der Waals surface area contributed by atoms with E-state index in [1.54, 1.807) is 0 Å². The van der Waals surface area contributed by atoms with Crippen LogP contribution in [-0.2, 0) is 4.79 Å². The first-order chi connectivity index (χ1) is 8.69. The third kappa shape index (κ3) is 7.07. The molecule has 0 bridgehead atoms. The molecule has 0 saturated carbocycles. The lowest BCUT2D eigenvalue weighted by molar-refractivity contribution is -0.109. The molecule has 0 aliphatic heterocycles. The molecule has 0 saturated heterocycles. The summed E-state index contributed by atoms with van der Waals surface area (Å²) < 4.78 is 0. The lowest BCUT2D eigenvalue weighted by Crippen LogP contribution is -2.29. The largest absolute Gasteiger partial charge is 0.359 e. The monoisotopic (exact) mass is 250 g/mol. The first kappa shape index (κ1) is 16.6. The Morgan fingerprint density at radius 2 is 1.89 bits per heavy atom. The fourth-order valence-electron chi connectivity index (χ4n) is 1.85. The van der Waals surface area contributed by atoms with Crippen molar-refractivity contribution in [3.63, 3.8) is 0 Å². The normalized spacial score (nSPS) is 13.4. The molecule has 2 N–H and O–H groups in total. The van der Waals surface area contributed by atoms with E-state index in [1.807, 2.05) is 12.2 Å². The van der Waals surface area contributed by atoms with Gasteiger partial charge in [-0.3, -0.25) is 4.79 Å². The fourth-order valence-corrected chi connectivity index (χ4v) is 1.85. The van der Waals surface area contributed by atoms with Gasteiger partial charge in [0.15, 0.2) is 0 Å². The molecule has 0 rings (SSSR count). The molecule has 3 nitrogen and oxygen atoms in total. The third-order valence-corrected chi connectivity index (χ3v) is 2.89. The number of amides is 1. The van der Waals surface area contributed by atoms with E-state index in [2.05, 4.69) is 37.6 Å². The molecule has 3 heteroatoms. The zero-order valence-electron chi connectivity index (χ0n) is 11.7. The second-order valence-electron chi connectivity index (χ2n) is 4.30. The van der Waals surface area contributed by atoms with Gasteiger partial charge in [0, 0.05) is 12.6 Å². The van der Waals surface area contributed by atoms with Gasteiger partial charge in [-0.15, -0.1) is 0 Å². The summed E-state index contributed by atoms with van der Waals surface area (Å²) in [5.74, 6) is 0. The zero-order chi connectivity index (χ0) is 13.8. The standard InChI is InChI=1S/C15H26N2O/c1-5-14(6-2)15(7-3)11-13(4)17-10-8-9-16-12-18/h5,7,12-13,17H,1,3,6,8-11H2,2,4H3,(H,16,18)/b15-14-. The van der Waals surface area contributed by atoms with Gasteiger partial charge in [-0.2, -0.15) is 0 Å². The van der Waals surface area contributed by atoms with Crippen molar-refractivity contribution in [2.75, 3.05) is 13.1 Å². The smallest absolute Gasteiger partial charge is 0.207 e. The van der Waals surface area contributed by atoms with E-state index in [4.69, 9.17) is 0 Å². The Morgan fingerprint density at radius 1 is 1.22 bits per heavy atom. The van der Waals surface area contributed by atoms with Crippen LogP contribution in [0.5, 0.6) is 0 Å². The van der Waals surface area contributed by atoms with Gasteiger partial charge in [-0.05, 0) is 43.9 Å². The van der Waals surface area contributed by atoms with Crippen LogP contribution in [0.15, 0.2) is 36.5 Å². The summed E-state index contributed by atoms with van der Waals surface area (Å²) in [6.07, 6.45) is 7.46. The van der Waals surface area contributed by atoms with Crippen LogP contribution in [0.1, 0.15) is 33.1 Å². The maximum Gasteiger partial charge on any atom is 0.207 e. The maximum absolute atomic E-state index is 10.1. The summed E-state index contributed by atoms with van der Waals surface area (Å²) in [5, 5.41) is 6.09. The Kier molecular flexibility index (Phi) is 9.97. The number of carbonyl (C=O) groups is 1. The number of rotatable bonds is 11. The Labute approximate surface area is 111 Å². The molecule has 0 aromatic carbocycles. The highest BCUT2D eigenvalue weighted by atomic mass is 16.1. The van der Waals surface area contributed by atoms with Crippen LogP contribution in [0.2, 0.25) is 0 Å². The molecule has 0 spiro atoms. The molecular formula is C15H26N2O. The predicted molar refractivity (Wildman–Crippen MR) is 78.5 cm³/mol. The van der Waals surface area contributed by atoms with Crippen molar-refractivity contribution < 1.29 is 4.79 Å². The second kappa shape index (κ2) is 10.8. The highest BCUT2D eigenvalue weighted by molar-refractivity contribution is 5.45. The lowest BCUT2D eigenvalue weighted by Gasteiger charge is -2.16. The topological polar surface area (TPSA) is 41.1 Å². The average molecular weight is 250 g/mol. The van der Waals surface area contributed by atoms with Gasteiger partial charge in [-0.25, -0.2) is 0 Å². The summed E-state index contributed by atoms with van der Waals surface area (Å²) in [5.41, 5.74) is 2.53. The molecule has 1 atom stereocenters. The van der Waals surface area contributed by atoms with Crippen molar-refractivity contribution in [1.29, 1.82) is 0 Å². The van der Waals surface area contributed by atoms with E-state index >= 15 is 0 Å². The number of hydrogen-bond donors (Lipinski definition) is 2. The van der Waals surface area contributed by atoms with Crippen LogP contribution < -0.4 is 10.6 Å². The van der Waals surface area contributed by atoms with Crippen molar-refractivity contribution in [1.82, 2.24) is 10.6 Å². The van der Waals surface area contributed by atoms with Crippen LogP contribution in [0.25, 0.3) is 0 Å². The third-order valence-electron chi connectivity index (χ3n) is 2.89. The van der Waals surface area contributed by atoms with E-state index in [9.17, 15) is 4.79 Å². The number of nitrogens with one attached hydrogen (secondary N) is 2. The van der Waals surface area contributed by atoms with Crippen molar-refractivity contribution in [2.45, 2.75) is 39.2 Å². The lowest BCUT2D eigenvalue weighted by atomic mass is 9.99. The van der Waals surface area contributed by atoms with Gasteiger partial charge in [0.1, 0.15) is 0 Å². The predicted octanol–water partition coefficient (Wildman–Crippen LogP) is 2.57. The summed E-state index contributed by atoms with van der Waals surface area (Å²) in [6.45, 7) is 13.6. The Hall–Kier alpha value is -1.35. The molecule has 0 radical (unpaired) electrons. The van der Waals surface area contributed by atoms with Gasteiger partial charge < -0.3 is 10.6 Å². The first-order valence-electron chi connectivity index (χ1n) is 6.56. The first-order valence-corrected chi connectivity index (χ1v) is 6.56. The van der Waals surface area contributed by atoms with Crippen molar-refractivity contribution in [2.24, 2.45) is 0 Å². The number of carbonyl (C=O) groups excluding carboxylic acids is 1. The molecule has 0 aromatic rings. The highest BCUT2D eigenvalue weighted by Gasteiger charge is 2.05. The second-order valence-corrected chi connectivity index (χ2v) is 4.30. The quantitative estimate of drug-likeness (QED) is 0.336. The molecule has 0 aromatic heterocycles. The summed E-state index contributed by atoms with van der Waals surface area (Å²) in [4.78, 5) is 10.1. The number of allylic oxidation sites excluding steroid dienone is 3. The van der Waals surface area contributed by atoms with Crippen molar-refractivity contribution in [3.05, 3.63) is 36.5 Å². The van der Waals surface area contributed by atoms with Crippen LogP contribution >= 0.6 is 0 Å². The minimum Gasteiger partial charge on any atom is -0.359 e. The number of hydrogen-bond acceptors (Lipinski definition) is 2. The molecule has 0 aliphatic carbocycles. The minimum atomic E-state index is 0.399. The Morgan fingerprint density at radius 3 is 2.39 bits per heavy atom. The fraction of sp³-hybridized carbons (Fsp3) is 0.533. The van der Waals surface area contributed by atoms with Gasteiger partial charge in [-0.1, -0.05) is 32.2 Å². The van der Waals surface area contributed by atoms with Crippen molar-refractivity contribution in [3.8, 4) is 0 Å². The zero-order valence-corrected chi connectivity index (χ0v) is 11.7. The summed E-state index contributed by atoms with van der Waals surface area (Å²) >= 11 is 0. The van der Waals surface area contributed by atoms with Crippen LogP contribution in [0.3, 0.4) is 0 Å². The molecule has 1 amide bonds. The van der Waals surface area contributed by atoms with Gasteiger partial charge in [0.25, 0.3) is 0 Å². The van der Waals surface area contributed by atoms with E-state index in [1.165, 1.54) is 11.1 Å². The molecule has 102 valence electrons. The molecule has 0 aliphatic rings. The Bertz CT molecular complexity index is 295. The van der Waals surface area contributed by atoms with E-state index in [-0.39, 0.29) is 0 Å². The van der Waals surface area contributed by atoms with Gasteiger partial charge in [0.2, 0.25) is 6.41 Å². The highest BCUT2D eigenvalue weighted by Crippen LogP contribution is 2.16. The molecule has 18 heavy (non-hydrogen) atoms. The molecular weight excluding hydrogens is 224 g/mol. The van der Waals surface area contributed by atoms with Crippen LogP contribution in [0.4, 0.5) is 0 Å². The van der Waals surface area contributed by atoms with Gasteiger partial charge >= 0.3 is 0 Å². The molecule has 0 fully saturated rings. The van der Waals surface area contributed by atoms with E-state index < -0.39 is 0 Å². The molecule has 1 unspecified atom stereocenters. The van der Waals surface area contributed by atoms with E-state index in [0.29, 0.717) is 6.04 Å². The van der Waals surface area contributed by atoms with E-state index in [0.717, 1.165) is 38.8 Å². The van der Waals surface area contributed by atoms with Crippen LogP contribution in [-0.4, -0.2) is 25.5 Å². The van der Waals surface area contributed by atoms with Crippen molar-refractivity contribution >= 4 is 6.41 Å². The maximum atomic E-state index is 10.1.